The lowest BCUT2D eigenvalue weighted by atomic mass is 9.77. The maximum Gasteiger partial charge on any atom is 0.707 e. The number of hydrogen-bond donors (Lipinski definition) is 2. The highest BCUT2D eigenvalue weighted by molar-refractivity contribution is 6.33. The van der Waals surface area contributed by atoms with Gasteiger partial charge in [-0.05, 0) is 55.2 Å². The van der Waals surface area contributed by atoms with Crippen molar-refractivity contribution in [1.82, 2.24) is 0 Å². The van der Waals surface area contributed by atoms with Gasteiger partial charge >= 0.3 is 7.32 Å². The zero-order chi connectivity index (χ0) is 14.5. The lowest BCUT2D eigenvalue weighted by Gasteiger charge is -2.28. The molecule has 0 unspecified atom stereocenters. The van der Waals surface area contributed by atoms with Gasteiger partial charge in [0.1, 0.15) is 5.75 Å². The summed E-state index contributed by atoms with van der Waals surface area (Å²) >= 11 is 0. The first-order valence-corrected chi connectivity index (χ1v) is 7.42. The molecule has 0 aromatic heterocycles. The van der Waals surface area contributed by atoms with Crippen molar-refractivity contribution in [2.24, 2.45) is 5.92 Å². The van der Waals surface area contributed by atoms with Crippen LogP contribution in [0.4, 0.5) is 4.39 Å². The lowest BCUT2D eigenvalue weighted by Crippen LogP contribution is -2.21. The van der Waals surface area contributed by atoms with E-state index in [9.17, 15) is 4.39 Å². The second-order valence-electron chi connectivity index (χ2n) is 5.64. The highest BCUT2D eigenvalue weighted by atomic mass is 19.1. The Labute approximate surface area is 120 Å². The van der Waals surface area contributed by atoms with E-state index in [2.05, 4.69) is 11.6 Å². The molecule has 0 bridgehead atoms. The molecular weight excluding hydrogens is 258 g/mol. The van der Waals surface area contributed by atoms with Crippen LogP contribution in [-0.2, 0) is 0 Å². The predicted octanol–water partition coefficient (Wildman–Crippen LogP) is 3.25. The normalized spacial score (nSPS) is 22.6. The van der Waals surface area contributed by atoms with Crippen molar-refractivity contribution in [3.63, 3.8) is 0 Å². The molecule has 1 aliphatic rings. The fraction of sp³-hybridized carbons (Fsp3) is 0.600. The third-order valence-electron chi connectivity index (χ3n) is 4.20. The molecule has 0 radical (unpaired) electrons. The Morgan fingerprint density at radius 1 is 1.25 bits per heavy atom. The van der Waals surface area contributed by atoms with Crippen molar-refractivity contribution in [2.75, 3.05) is 0 Å². The molecule has 0 spiro atoms. The lowest BCUT2D eigenvalue weighted by molar-refractivity contribution is 0.281. The van der Waals surface area contributed by atoms with Crippen LogP contribution >= 0.6 is 0 Å². The van der Waals surface area contributed by atoms with Gasteiger partial charge in [0.25, 0.3) is 0 Å². The molecule has 1 aromatic rings. The molecule has 0 atom stereocenters. The van der Waals surface area contributed by atoms with E-state index in [1.165, 1.54) is 37.8 Å². The van der Waals surface area contributed by atoms with Crippen LogP contribution in [0.5, 0.6) is 5.75 Å². The first kappa shape index (κ1) is 15.3. The van der Waals surface area contributed by atoms with Gasteiger partial charge in [0.05, 0.1) is 0 Å². The maximum atomic E-state index is 13.8. The van der Waals surface area contributed by atoms with E-state index in [1.807, 2.05) is 6.07 Å². The Balaban J connectivity index is 1.98. The molecule has 2 N–H and O–H groups in total. The highest BCUT2D eigenvalue weighted by Gasteiger charge is 2.23. The second-order valence-corrected chi connectivity index (χ2v) is 5.64. The Bertz CT molecular complexity index is 431. The van der Waals surface area contributed by atoms with E-state index in [-0.39, 0.29) is 5.75 Å². The number of halogens is 1. The van der Waals surface area contributed by atoms with Gasteiger partial charge in [0, 0.05) is 0 Å². The minimum Gasteiger partial charge on any atom is -0.510 e. The van der Waals surface area contributed by atoms with Crippen molar-refractivity contribution in [2.45, 2.75) is 51.4 Å². The topological polar surface area (TPSA) is 49.7 Å². The average molecular weight is 280 g/mol. The van der Waals surface area contributed by atoms with Gasteiger partial charge in [-0.3, -0.25) is 0 Å². The quantitative estimate of drug-likeness (QED) is 0.814. The molecule has 0 aliphatic heterocycles. The molecule has 0 amide bonds. The summed E-state index contributed by atoms with van der Waals surface area (Å²) in [5, 5.41) is 17.4. The zero-order valence-corrected chi connectivity index (χ0v) is 11.9. The van der Waals surface area contributed by atoms with E-state index in [1.54, 1.807) is 0 Å². The second kappa shape index (κ2) is 7.09. The summed E-state index contributed by atoms with van der Waals surface area (Å²) in [5.74, 6) is 0.577. The summed E-state index contributed by atoms with van der Waals surface area (Å²) in [6.07, 6.45) is 7.17. The van der Waals surface area contributed by atoms with E-state index in [0.29, 0.717) is 5.92 Å². The smallest absolute Gasteiger partial charge is 0.510 e. The van der Waals surface area contributed by atoms with E-state index >= 15 is 0 Å². The molecule has 5 heteroatoms. The van der Waals surface area contributed by atoms with Crippen LogP contribution in [0.25, 0.3) is 0 Å². The fourth-order valence-electron chi connectivity index (χ4n) is 3.17. The zero-order valence-electron chi connectivity index (χ0n) is 11.9. The Hall–Kier alpha value is -1.07. The van der Waals surface area contributed by atoms with Gasteiger partial charge < -0.3 is 14.7 Å². The molecule has 0 saturated heterocycles. The van der Waals surface area contributed by atoms with E-state index in [0.717, 1.165) is 24.3 Å². The molecule has 1 fully saturated rings. The molecule has 1 saturated carbocycles. The van der Waals surface area contributed by atoms with Crippen LogP contribution in [0.1, 0.15) is 56.9 Å². The van der Waals surface area contributed by atoms with Crippen LogP contribution in [0, 0.1) is 11.7 Å². The molecule has 0 heterocycles. The van der Waals surface area contributed by atoms with Gasteiger partial charge in [-0.25, -0.2) is 4.39 Å². The monoisotopic (exact) mass is 280 g/mol. The van der Waals surface area contributed by atoms with Crippen LogP contribution < -0.4 is 4.65 Å². The number of hydrogen-bond acceptors (Lipinski definition) is 3. The SMILES string of the molecule is CCC[C@H]1CC[C@H](c2ccc(OB(O)O)c(F)c2)CC1. The highest BCUT2D eigenvalue weighted by Crippen LogP contribution is 2.38. The van der Waals surface area contributed by atoms with Crippen molar-refractivity contribution in [3.05, 3.63) is 29.6 Å². The summed E-state index contributed by atoms with van der Waals surface area (Å²) < 4.78 is 18.4. The van der Waals surface area contributed by atoms with Crippen molar-refractivity contribution in [3.8, 4) is 5.75 Å². The first-order valence-electron chi connectivity index (χ1n) is 7.42. The van der Waals surface area contributed by atoms with Crippen LogP contribution in [0.3, 0.4) is 0 Å². The minimum atomic E-state index is -1.99. The molecular formula is C15H22BFO3. The van der Waals surface area contributed by atoms with E-state index < -0.39 is 13.1 Å². The van der Waals surface area contributed by atoms with Crippen LogP contribution in [0.15, 0.2) is 18.2 Å². The van der Waals surface area contributed by atoms with Gasteiger partial charge in [0.2, 0.25) is 0 Å². The largest absolute Gasteiger partial charge is 0.707 e. The van der Waals surface area contributed by atoms with Crippen LogP contribution in [-0.4, -0.2) is 17.4 Å². The minimum absolute atomic E-state index is 0.122. The summed E-state index contributed by atoms with van der Waals surface area (Å²) in [4.78, 5) is 0. The van der Waals surface area contributed by atoms with Crippen LogP contribution in [0.2, 0.25) is 0 Å². The Morgan fingerprint density at radius 2 is 1.95 bits per heavy atom. The standard InChI is InChI=1S/C15H22BFO3/c1-2-3-11-4-6-12(7-5-11)13-8-9-15(14(17)10-13)20-16(18)19/h8-12,18-19H,2-7H2,1H3/t11-,12-. The first-order chi connectivity index (χ1) is 9.60. The summed E-state index contributed by atoms with van der Waals surface area (Å²) in [7, 11) is -1.99. The van der Waals surface area contributed by atoms with Crippen molar-refractivity contribution in [1.29, 1.82) is 0 Å². The molecule has 110 valence electrons. The molecule has 1 aromatic carbocycles. The molecule has 1 aliphatic carbocycles. The maximum absolute atomic E-state index is 13.8. The fourth-order valence-corrected chi connectivity index (χ4v) is 3.17. The van der Waals surface area contributed by atoms with E-state index in [4.69, 9.17) is 10.0 Å². The molecule has 3 nitrogen and oxygen atoms in total. The Kier molecular flexibility index (Phi) is 5.43. The van der Waals surface area contributed by atoms with Gasteiger partial charge in [0.15, 0.2) is 5.82 Å². The third-order valence-corrected chi connectivity index (χ3v) is 4.20. The summed E-state index contributed by atoms with van der Waals surface area (Å²) in [5.41, 5.74) is 0.984. The molecule has 20 heavy (non-hydrogen) atoms. The van der Waals surface area contributed by atoms with Gasteiger partial charge in [-0.2, -0.15) is 0 Å². The van der Waals surface area contributed by atoms with Gasteiger partial charge in [-0.15, -0.1) is 0 Å². The van der Waals surface area contributed by atoms with Crippen molar-refractivity contribution >= 4 is 7.32 Å². The Morgan fingerprint density at radius 3 is 2.50 bits per heavy atom. The third kappa shape index (κ3) is 3.96. The van der Waals surface area contributed by atoms with Gasteiger partial charge in [-0.1, -0.05) is 25.8 Å². The number of rotatable bonds is 5. The average Bonchev–Trinajstić information content (AvgIpc) is 2.42. The predicted molar refractivity (Wildman–Crippen MR) is 76.8 cm³/mol. The van der Waals surface area contributed by atoms with Crippen molar-refractivity contribution < 1.29 is 19.1 Å². The summed E-state index contributed by atoms with van der Waals surface area (Å²) in [6, 6.07) is 4.76. The molecule has 2 rings (SSSR count). The number of benzene rings is 1. The summed E-state index contributed by atoms with van der Waals surface area (Å²) in [6.45, 7) is 2.22.